The van der Waals surface area contributed by atoms with Crippen molar-refractivity contribution in [2.45, 2.75) is 13.8 Å². The van der Waals surface area contributed by atoms with Crippen LogP contribution < -0.4 is 0 Å². The van der Waals surface area contributed by atoms with Gasteiger partial charge < -0.3 is 9.47 Å². The third kappa shape index (κ3) is 3.74. The van der Waals surface area contributed by atoms with Crippen molar-refractivity contribution in [1.82, 2.24) is 9.97 Å². The average Bonchev–Trinajstić information content (AvgIpc) is 2.44. The van der Waals surface area contributed by atoms with Crippen molar-refractivity contribution < 1.29 is 19.1 Å². The molecule has 0 fully saturated rings. The largest absolute Gasteiger partial charge is 0.457 e. The van der Waals surface area contributed by atoms with Crippen LogP contribution >= 0.6 is 0 Å². The number of aromatic nitrogens is 2. The second-order valence-electron chi connectivity index (χ2n) is 3.87. The molecule has 1 aromatic rings. The monoisotopic (exact) mass is 276 g/mol. The number of nitrogens with zero attached hydrogens (tertiary/aromatic N) is 2. The van der Waals surface area contributed by atoms with Crippen LogP contribution in [0.3, 0.4) is 0 Å². The SMILES string of the molecule is C=CCOC(=O)c1nc(C)c(C(=O)OCC=C)nc1C. The van der Waals surface area contributed by atoms with Gasteiger partial charge in [0, 0.05) is 0 Å². The molecule has 0 aliphatic rings. The number of rotatable bonds is 6. The fourth-order valence-electron chi connectivity index (χ4n) is 1.40. The summed E-state index contributed by atoms with van der Waals surface area (Å²) in [5.41, 5.74) is 0.750. The van der Waals surface area contributed by atoms with Crippen LogP contribution in [0.25, 0.3) is 0 Å². The van der Waals surface area contributed by atoms with Crippen molar-refractivity contribution in [2.75, 3.05) is 13.2 Å². The lowest BCUT2D eigenvalue weighted by Gasteiger charge is -2.09. The summed E-state index contributed by atoms with van der Waals surface area (Å²) in [6.45, 7) is 10.2. The van der Waals surface area contributed by atoms with E-state index in [9.17, 15) is 9.59 Å². The molecule has 20 heavy (non-hydrogen) atoms. The molecular formula is C14H16N2O4. The van der Waals surface area contributed by atoms with E-state index in [2.05, 4.69) is 23.1 Å². The zero-order valence-corrected chi connectivity index (χ0v) is 11.5. The molecule has 0 unspecified atom stereocenters. The molecule has 0 saturated heterocycles. The zero-order chi connectivity index (χ0) is 15.1. The first-order valence-corrected chi connectivity index (χ1v) is 5.92. The Morgan fingerprint density at radius 3 is 1.60 bits per heavy atom. The van der Waals surface area contributed by atoms with Gasteiger partial charge in [-0.15, -0.1) is 0 Å². The molecule has 0 aliphatic carbocycles. The Labute approximate surface area is 117 Å². The Morgan fingerprint density at radius 2 is 1.30 bits per heavy atom. The number of carbonyl (C=O) groups is 2. The van der Waals surface area contributed by atoms with Crippen molar-refractivity contribution in [3.05, 3.63) is 48.1 Å². The maximum absolute atomic E-state index is 11.7. The van der Waals surface area contributed by atoms with E-state index < -0.39 is 11.9 Å². The van der Waals surface area contributed by atoms with Gasteiger partial charge in [-0.3, -0.25) is 0 Å². The molecule has 0 saturated carbocycles. The fraction of sp³-hybridized carbons (Fsp3) is 0.286. The predicted octanol–water partition coefficient (Wildman–Crippen LogP) is 1.78. The lowest BCUT2D eigenvalue weighted by atomic mass is 10.2. The maximum Gasteiger partial charge on any atom is 0.359 e. The van der Waals surface area contributed by atoms with E-state index in [4.69, 9.17) is 9.47 Å². The number of aryl methyl sites for hydroxylation is 2. The van der Waals surface area contributed by atoms with Gasteiger partial charge in [0.15, 0.2) is 11.4 Å². The number of ether oxygens (including phenoxy) is 2. The highest BCUT2D eigenvalue weighted by Gasteiger charge is 2.20. The second kappa shape index (κ2) is 7.18. The zero-order valence-electron chi connectivity index (χ0n) is 11.5. The Balaban J connectivity index is 3.02. The maximum atomic E-state index is 11.7. The van der Waals surface area contributed by atoms with Gasteiger partial charge in [0.1, 0.15) is 13.2 Å². The molecule has 0 aromatic carbocycles. The molecule has 0 spiro atoms. The highest BCUT2D eigenvalue weighted by Crippen LogP contribution is 2.10. The van der Waals surface area contributed by atoms with Crippen LogP contribution in [0.2, 0.25) is 0 Å². The summed E-state index contributed by atoms with van der Waals surface area (Å²) in [7, 11) is 0. The third-order valence-corrected chi connectivity index (χ3v) is 2.30. The first-order chi connectivity index (χ1) is 9.51. The van der Waals surface area contributed by atoms with Crippen LogP contribution in [-0.2, 0) is 9.47 Å². The van der Waals surface area contributed by atoms with E-state index in [0.717, 1.165) is 0 Å². The molecule has 106 valence electrons. The van der Waals surface area contributed by atoms with Crippen molar-refractivity contribution in [3.63, 3.8) is 0 Å². The van der Waals surface area contributed by atoms with Gasteiger partial charge >= 0.3 is 11.9 Å². The highest BCUT2D eigenvalue weighted by molar-refractivity contribution is 5.91. The van der Waals surface area contributed by atoms with Gasteiger partial charge in [0.05, 0.1) is 11.4 Å². The van der Waals surface area contributed by atoms with E-state index in [0.29, 0.717) is 11.4 Å². The smallest absolute Gasteiger partial charge is 0.359 e. The minimum atomic E-state index is -0.607. The molecule has 1 heterocycles. The van der Waals surface area contributed by atoms with E-state index in [-0.39, 0.29) is 24.6 Å². The fourth-order valence-corrected chi connectivity index (χ4v) is 1.40. The van der Waals surface area contributed by atoms with Crippen LogP contribution in [0.5, 0.6) is 0 Å². The third-order valence-electron chi connectivity index (χ3n) is 2.30. The standard InChI is InChI=1S/C14H16N2O4/c1-5-7-19-13(17)11-9(3)16-12(10(4)15-11)14(18)20-8-6-2/h5-6H,1-2,7-8H2,3-4H3. The summed E-state index contributed by atoms with van der Waals surface area (Å²) in [5, 5.41) is 0. The average molecular weight is 276 g/mol. The molecule has 0 radical (unpaired) electrons. The van der Waals surface area contributed by atoms with Crippen molar-refractivity contribution >= 4 is 11.9 Å². The molecule has 1 rings (SSSR count). The molecule has 0 N–H and O–H groups in total. The van der Waals surface area contributed by atoms with Crippen LogP contribution in [0.1, 0.15) is 32.4 Å². The second-order valence-corrected chi connectivity index (χ2v) is 3.87. The van der Waals surface area contributed by atoms with Crippen LogP contribution in [0.15, 0.2) is 25.3 Å². The normalized spacial score (nSPS) is 9.70. The van der Waals surface area contributed by atoms with E-state index in [1.165, 1.54) is 12.2 Å². The van der Waals surface area contributed by atoms with Crippen LogP contribution in [0.4, 0.5) is 0 Å². The Bertz CT molecular complexity index is 503. The number of hydrogen-bond donors (Lipinski definition) is 0. The van der Waals surface area contributed by atoms with Gasteiger partial charge in [0.25, 0.3) is 0 Å². The number of hydrogen-bond acceptors (Lipinski definition) is 6. The molecule has 6 nitrogen and oxygen atoms in total. The van der Waals surface area contributed by atoms with Crippen molar-refractivity contribution in [2.24, 2.45) is 0 Å². The summed E-state index contributed by atoms with van der Waals surface area (Å²) in [4.78, 5) is 31.6. The first-order valence-electron chi connectivity index (χ1n) is 5.92. The molecule has 0 amide bonds. The van der Waals surface area contributed by atoms with Crippen LogP contribution in [-0.4, -0.2) is 35.1 Å². The van der Waals surface area contributed by atoms with Gasteiger partial charge in [-0.1, -0.05) is 25.3 Å². The summed E-state index contributed by atoms with van der Waals surface area (Å²) >= 11 is 0. The minimum Gasteiger partial charge on any atom is -0.457 e. The molecule has 1 aromatic heterocycles. The van der Waals surface area contributed by atoms with Crippen molar-refractivity contribution in [1.29, 1.82) is 0 Å². The van der Waals surface area contributed by atoms with Gasteiger partial charge in [0.2, 0.25) is 0 Å². The lowest BCUT2D eigenvalue weighted by Crippen LogP contribution is -2.17. The highest BCUT2D eigenvalue weighted by atomic mass is 16.5. The Kier molecular flexibility index (Phi) is 5.58. The molecule has 0 atom stereocenters. The Morgan fingerprint density at radius 1 is 0.950 bits per heavy atom. The molecular weight excluding hydrogens is 260 g/mol. The first kappa shape index (κ1) is 15.6. The molecule has 6 heteroatoms. The number of esters is 2. The topological polar surface area (TPSA) is 78.4 Å². The van der Waals surface area contributed by atoms with Gasteiger partial charge in [-0.05, 0) is 13.8 Å². The summed E-state index contributed by atoms with van der Waals surface area (Å²) in [5.74, 6) is -1.21. The van der Waals surface area contributed by atoms with E-state index in [1.807, 2.05) is 0 Å². The van der Waals surface area contributed by atoms with E-state index in [1.54, 1.807) is 13.8 Å². The van der Waals surface area contributed by atoms with Gasteiger partial charge in [-0.25, -0.2) is 19.6 Å². The minimum absolute atomic E-state index is 0.0737. The molecule has 0 aliphatic heterocycles. The predicted molar refractivity (Wildman–Crippen MR) is 72.5 cm³/mol. The van der Waals surface area contributed by atoms with Crippen LogP contribution in [0, 0.1) is 13.8 Å². The summed E-state index contributed by atoms with van der Waals surface area (Å²) in [6.07, 6.45) is 2.91. The lowest BCUT2D eigenvalue weighted by molar-refractivity contribution is 0.0521. The molecule has 0 bridgehead atoms. The summed E-state index contributed by atoms with van der Waals surface area (Å²) in [6, 6.07) is 0. The quantitative estimate of drug-likeness (QED) is 0.582. The Hall–Kier alpha value is -2.50. The van der Waals surface area contributed by atoms with E-state index >= 15 is 0 Å². The van der Waals surface area contributed by atoms with Gasteiger partial charge in [-0.2, -0.15) is 0 Å². The number of carbonyl (C=O) groups excluding carboxylic acids is 2. The van der Waals surface area contributed by atoms with Crippen molar-refractivity contribution in [3.8, 4) is 0 Å². The summed E-state index contributed by atoms with van der Waals surface area (Å²) < 4.78 is 9.78.